The standard InChI is InChI=1S/C17H26N2O/c1-13-3-7-15(8-4-13)19(2)12-17-10-9-16(20-17)11-18-14-5-6-14/h3-4,7-8,14,16-18H,5-6,9-12H2,1-2H3. The van der Waals surface area contributed by atoms with Gasteiger partial charge in [0.1, 0.15) is 0 Å². The summed E-state index contributed by atoms with van der Waals surface area (Å²) in [6, 6.07) is 9.51. The summed E-state index contributed by atoms with van der Waals surface area (Å²) in [7, 11) is 2.16. The van der Waals surface area contributed by atoms with Gasteiger partial charge in [0.2, 0.25) is 0 Å². The predicted molar refractivity (Wildman–Crippen MR) is 83.4 cm³/mol. The molecule has 3 nitrogen and oxygen atoms in total. The number of rotatable bonds is 6. The molecular formula is C17H26N2O. The van der Waals surface area contributed by atoms with Crippen LogP contribution in [0.2, 0.25) is 0 Å². The van der Waals surface area contributed by atoms with Crippen molar-refractivity contribution in [3.05, 3.63) is 29.8 Å². The van der Waals surface area contributed by atoms with Crippen molar-refractivity contribution in [1.29, 1.82) is 0 Å². The Balaban J connectivity index is 1.44. The van der Waals surface area contributed by atoms with E-state index in [0.717, 1.165) is 19.1 Å². The summed E-state index contributed by atoms with van der Waals surface area (Å²) in [5.74, 6) is 0. The number of benzene rings is 1. The lowest BCUT2D eigenvalue weighted by Crippen LogP contribution is -2.32. The summed E-state index contributed by atoms with van der Waals surface area (Å²) >= 11 is 0. The van der Waals surface area contributed by atoms with Crippen molar-refractivity contribution in [2.24, 2.45) is 0 Å². The van der Waals surface area contributed by atoms with Crippen molar-refractivity contribution in [3.8, 4) is 0 Å². The lowest BCUT2D eigenvalue weighted by molar-refractivity contribution is 0.0498. The molecule has 1 heterocycles. The van der Waals surface area contributed by atoms with Crippen molar-refractivity contribution in [3.63, 3.8) is 0 Å². The Labute approximate surface area is 122 Å². The first kappa shape index (κ1) is 13.9. The maximum atomic E-state index is 6.15. The molecular weight excluding hydrogens is 248 g/mol. The normalized spacial score (nSPS) is 25.9. The van der Waals surface area contributed by atoms with E-state index in [-0.39, 0.29) is 0 Å². The topological polar surface area (TPSA) is 24.5 Å². The summed E-state index contributed by atoms with van der Waals surface area (Å²) in [5, 5.41) is 3.57. The molecule has 1 saturated carbocycles. The van der Waals surface area contributed by atoms with Crippen LogP contribution in [0.5, 0.6) is 0 Å². The van der Waals surface area contributed by atoms with Gasteiger partial charge < -0.3 is 15.0 Å². The Morgan fingerprint density at radius 2 is 1.80 bits per heavy atom. The van der Waals surface area contributed by atoms with Crippen LogP contribution in [-0.2, 0) is 4.74 Å². The van der Waals surface area contributed by atoms with E-state index in [4.69, 9.17) is 4.74 Å². The second-order valence-electron chi connectivity index (χ2n) is 6.36. The Morgan fingerprint density at radius 3 is 2.50 bits per heavy atom. The largest absolute Gasteiger partial charge is 0.372 e. The molecule has 2 unspecified atom stereocenters. The van der Waals surface area contributed by atoms with Crippen molar-refractivity contribution in [2.75, 3.05) is 25.0 Å². The highest BCUT2D eigenvalue weighted by atomic mass is 16.5. The number of nitrogens with one attached hydrogen (secondary N) is 1. The van der Waals surface area contributed by atoms with Gasteiger partial charge in [-0.3, -0.25) is 0 Å². The van der Waals surface area contributed by atoms with Gasteiger partial charge in [-0.2, -0.15) is 0 Å². The minimum absolute atomic E-state index is 0.382. The Hall–Kier alpha value is -1.06. The van der Waals surface area contributed by atoms with Crippen LogP contribution in [0.15, 0.2) is 24.3 Å². The van der Waals surface area contributed by atoms with E-state index in [0.29, 0.717) is 12.2 Å². The number of likely N-dealkylation sites (N-methyl/N-ethyl adjacent to an activating group) is 1. The molecule has 20 heavy (non-hydrogen) atoms. The highest BCUT2D eigenvalue weighted by Gasteiger charge is 2.28. The first-order chi connectivity index (χ1) is 9.70. The third kappa shape index (κ3) is 3.74. The Kier molecular flexibility index (Phi) is 4.27. The fourth-order valence-electron chi connectivity index (χ4n) is 2.86. The van der Waals surface area contributed by atoms with Gasteiger partial charge >= 0.3 is 0 Å². The zero-order valence-corrected chi connectivity index (χ0v) is 12.6. The zero-order valence-electron chi connectivity index (χ0n) is 12.6. The minimum atomic E-state index is 0.382. The van der Waals surface area contributed by atoms with Gasteiger partial charge in [0.05, 0.1) is 12.2 Å². The summed E-state index contributed by atoms with van der Waals surface area (Å²) < 4.78 is 6.15. The van der Waals surface area contributed by atoms with Crippen molar-refractivity contribution in [1.82, 2.24) is 5.32 Å². The highest BCUT2D eigenvalue weighted by Crippen LogP contribution is 2.24. The third-order valence-corrected chi connectivity index (χ3v) is 4.36. The Morgan fingerprint density at radius 1 is 1.10 bits per heavy atom. The quantitative estimate of drug-likeness (QED) is 0.863. The third-order valence-electron chi connectivity index (χ3n) is 4.36. The summed E-state index contributed by atoms with van der Waals surface area (Å²) in [6.45, 7) is 4.15. The number of hydrogen-bond acceptors (Lipinski definition) is 3. The van der Waals surface area contributed by atoms with Crippen LogP contribution in [-0.4, -0.2) is 38.4 Å². The molecule has 110 valence electrons. The molecule has 3 rings (SSSR count). The molecule has 0 spiro atoms. The van der Waals surface area contributed by atoms with E-state index in [1.165, 1.54) is 36.9 Å². The van der Waals surface area contributed by atoms with E-state index in [2.05, 4.69) is 48.5 Å². The summed E-state index contributed by atoms with van der Waals surface area (Å²) in [5.41, 5.74) is 2.59. The fourth-order valence-corrected chi connectivity index (χ4v) is 2.86. The molecule has 0 amide bonds. The van der Waals surface area contributed by atoms with E-state index in [1.54, 1.807) is 0 Å². The van der Waals surface area contributed by atoms with E-state index in [9.17, 15) is 0 Å². The molecule has 1 N–H and O–H groups in total. The van der Waals surface area contributed by atoms with Crippen LogP contribution in [0, 0.1) is 6.92 Å². The summed E-state index contributed by atoms with van der Waals surface area (Å²) in [4.78, 5) is 2.31. The molecule has 1 aromatic carbocycles. The fraction of sp³-hybridized carbons (Fsp3) is 0.647. The number of anilines is 1. The van der Waals surface area contributed by atoms with Crippen LogP contribution in [0.3, 0.4) is 0 Å². The van der Waals surface area contributed by atoms with Crippen LogP contribution in [0.1, 0.15) is 31.2 Å². The van der Waals surface area contributed by atoms with Gasteiger partial charge in [-0.15, -0.1) is 0 Å². The average Bonchev–Trinajstić information content (AvgIpc) is 3.17. The van der Waals surface area contributed by atoms with E-state index < -0.39 is 0 Å². The molecule has 1 aromatic rings. The van der Waals surface area contributed by atoms with Gasteiger partial charge in [-0.1, -0.05) is 17.7 Å². The maximum absolute atomic E-state index is 6.15. The lowest BCUT2D eigenvalue weighted by atomic mass is 10.1. The minimum Gasteiger partial charge on any atom is -0.372 e. The number of hydrogen-bond donors (Lipinski definition) is 1. The molecule has 1 saturated heterocycles. The molecule has 2 atom stereocenters. The predicted octanol–water partition coefficient (Wildman–Crippen LogP) is 2.73. The first-order valence-corrected chi connectivity index (χ1v) is 7.87. The molecule has 0 bridgehead atoms. The van der Waals surface area contributed by atoms with E-state index in [1.807, 2.05) is 0 Å². The van der Waals surface area contributed by atoms with Crippen LogP contribution in [0.25, 0.3) is 0 Å². The first-order valence-electron chi connectivity index (χ1n) is 7.87. The van der Waals surface area contributed by atoms with E-state index >= 15 is 0 Å². The van der Waals surface area contributed by atoms with Gasteiger partial charge in [-0.05, 0) is 44.7 Å². The zero-order chi connectivity index (χ0) is 13.9. The van der Waals surface area contributed by atoms with Gasteiger partial charge in [0.15, 0.2) is 0 Å². The Bertz CT molecular complexity index is 427. The number of nitrogens with zero attached hydrogens (tertiary/aromatic N) is 1. The molecule has 2 fully saturated rings. The van der Waals surface area contributed by atoms with Crippen LogP contribution < -0.4 is 10.2 Å². The SMILES string of the molecule is Cc1ccc(N(C)CC2CCC(CNC3CC3)O2)cc1. The summed E-state index contributed by atoms with van der Waals surface area (Å²) in [6.07, 6.45) is 5.90. The van der Waals surface area contributed by atoms with Crippen LogP contribution >= 0.6 is 0 Å². The monoisotopic (exact) mass is 274 g/mol. The smallest absolute Gasteiger partial charge is 0.0755 e. The second kappa shape index (κ2) is 6.15. The maximum Gasteiger partial charge on any atom is 0.0755 e. The van der Waals surface area contributed by atoms with Crippen molar-refractivity contribution in [2.45, 2.75) is 50.9 Å². The second-order valence-corrected chi connectivity index (χ2v) is 6.36. The average molecular weight is 274 g/mol. The molecule has 3 heteroatoms. The molecule has 2 aliphatic rings. The van der Waals surface area contributed by atoms with Gasteiger partial charge in [0.25, 0.3) is 0 Å². The van der Waals surface area contributed by atoms with Crippen molar-refractivity contribution >= 4 is 5.69 Å². The molecule has 1 aliphatic carbocycles. The number of aryl methyl sites for hydroxylation is 1. The van der Waals surface area contributed by atoms with Crippen molar-refractivity contribution < 1.29 is 4.74 Å². The van der Waals surface area contributed by atoms with Crippen LogP contribution in [0.4, 0.5) is 5.69 Å². The molecule has 0 radical (unpaired) electrons. The number of ether oxygens (including phenoxy) is 1. The lowest BCUT2D eigenvalue weighted by Gasteiger charge is -2.23. The molecule has 0 aromatic heterocycles. The van der Waals surface area contributed by atoms with Gasteiger partial charge in [0, 0.05) is 31.9 Å². The highest BCUT2D eigenvalue weighted by molar-refractivity contribution is 5.46. The van der Waals surface area contributed by atoms with Gasteiger partial charge in [-0.25, -0.2) is 0 Å². The molecule has 1 aliphatic heterocycles.